The van der Waals surface area contributed by atoms with Crippen LogP contribution in [-0.4, -0.2) is 16.6 Å². The molecule has 0 unspecified atom stereocenters. The minimum Gasteiger partial charge on any atom is -0.477 e. The van der Waals surface area contributed by atoms with Crippen molar-refractivity contribution in [3.05, 3.63) is 41.3 Å². The Morgan fingerprint density at radius 2 is 1.88 bits per heavy atom. The normalized spacial score (nSPS) is 12.7. The van der Waals surface area contributed by atoms with E-state index in [2.05, 4.69) is 23.8 Å². The highest BCUT2D eigenvalue weighted by Gasteiger charge is 2.18. The number of rotatable bonds is 7. The van der Waals surface area contributed by atoms with Crippen molar-refractivity contribution >= 4 is 11.6 Å². The minimum atomic E-state index is -2.66. The van der Waals surface area contributed by atoms with Gasteiger partial charge in [-0.1, -0.05) is 32.4 Å². The lowest BCUT2D eigenvalue weighted by molar-refractivity contribution is 0.140. The fourth-order valence-corrected chi connectivity index (χ4v) is 2.75. The number of pyridine rings is 2. The molecule has 0 amide bonds. The SMILES string of the molecule is CC(C)C[C@H](C)COc1ncc(-c2ccnc(Cl)c2)cc1C(F)F. The Morgan fingerprint density at radius 1 is 1.12 bits per heavy atom. The van der Waals surface area contributed by atoms with Crippen LogP contribution in [0.15, 0.2) is 30.6 Å². The highest BCUT2D eigenvalue weighted by Crippen LogP contribution is 2.32. The molecular formula is C18H21ClF2N2O. The standard InChI is InChI=1S/C18H21ClF2N2O/c1-11(2)6-12(3)10-24-18-15(17(20)21)7-14(9-23-18)13-4-5-22-16(19)8-13/h4-5,7-9,11-12,17H,6,10H2,1-3H3/t12-/m0/s1. The predicted octanol–water partition coefficient (Wildman–Crippen LogP) is 5.80. The van der Waals surface area contributed by atoms with Crippen molar-refractivity contribution in [2.45, 2.75) is 33.6 Å². The third-order valence-corrected chi connectivity index (χ3v) is 3.76. The first-order valence-electron chi connectivity index (χ1n) is 7.89. The number of nitrogens with zero attached hydrogens (tertiary/aromatic N) is 2. The van der Waals surface area contributed by atoms with Crippen molar-refractivity contribution in [3.63, 3.8) is 0 Å². The van der Waals surface area contributed by atoms with Gasteiger partial charge in [-0.15, -0.1) is 0 Å². The van der Waals surface area contributed by atoms with Gasteiger partial charge in [0.05, 0.1) is 12.2 Å². The molecule has 2 rings (SSSR count). The van der Waals surface area contributed by atoms with E-state index in [1.807, 2.05) is 6.92 Å². The first kappa shape index (κ1) is 18.6. The summed E-state index contributed by atoms with van der Waals surface area (Å²) in [7, 11) is 0. The molecule has 0 spiro atoms. The number of hydrogen-bond acceptors (Lipinski definition) is 3. The van der Waals surface area contributed by atoms with Gasteiger partial charge in [0, 0.05) is 18.0 Å². The average molecular weight is 355 g/mol. The zero-order chi connectivity index (χ0) is 17.7. The van der Waals surface area contributed by atoms with E-state index in [0.29, 0.717) is 28.8 Å². The van der Waals surface area contributed by atoms with Crippen LogP contribution in [0.2, 0.25) is 5.15 Å². The molecular weight excluding hydrogens is 334 g/mol. The van der Waals surface area contributed by atoms with Crippen LogP contribution in [-0.2, 0) is 0 Å². The van der Waals surface area contributed by atoms with Crippen molar-refractivity contribution in [1.29, 1.82) is 0 Å². The zero-order valence-electron chi connectivity index (χ0n) is 14.0. The second-order valence-electron chi connectivity index (χ2n) is 6.33. The Bertz CT molecular complexity index is 680. The topological polar surface area (TPSA) is 35.0 Å². The van der Waals surface area contributed by atoms with E-state index in [1.54, 1.807) is 12.1 Å². The molecule has 0 fully saturated rings. The maximum Gasteiger partial charge on any atom is 0.269 e. The predicted molar refractivity (Wildman–Crippen MR) is 91.5 cm³/mol. The Hall–Kier alpha value is -1.75. The quantitative estimate of drug-likeness (QED) is 0.590. The molecule has 2 aromatic heterocycles. The van der Waals surface area contributed by atoms with Crippen molar-refractivity contribution in [1.82, 2.24) is 9.97 Å². The van der Waals surface area contributed by atoms with Gasteiger partial charge in [0.1, 0.15) is 5.15 Å². The third-order valence-electron chi connectivity index (χ3n) is 3.55. The molecule has 0 saturated carbocycles. The summed E-state index contributed by atoms with van der Waals surface area (Å²) in [6.45, 7) is 6.64. The number of aromatic nitrogens is 2. The van der Waals surface area contributed by atoms with Gasteiger partial charge in [-0.2, -0.15) is 0 Å². The summed E-state index contributed by atoms with van der Waals surface area (Å²) in [5, 5.41) is 0.300. The monoisotopic (exact) mass is 354 g/mol. The fraction of sp³-hybridized carbons (Fsp3) is 0.444. The van der Waals surface area contributed by atoms with E-state index in [1.165, 1.54) is 18.5 Å². The van der Waals surface area contributed by atoms with E-state index in [-0.39, 0.29) is 17.4 Å². The maximum atomic E-state index is 13.4. The van der Waals surface area contributed by atoms with Crippen molar-refractivity contribution < 1.29 is 13.5 Å². The second-order valence-corrected chi connectivity index (χ2v) is 6.72. The summed E-state index contributed by atoms with van der Waals surface area (Å²) in [5.74, 6) is 0.797. The lowest BCUT2D eigenvalue weighted by atomic mass is 10.00. The lowest BCUT2D eigenvalue weighted by Crippen LogP contribution is -2.12. The van der Waals surface area contributed by atoms with E-state index in [4.69, 9.17) is 16.3 Å². The van der Waals surface area contributed by atoms with Gasteiger partial charge < -0.3 is 4.74 Å². The Labute approximate surface area is 146 Å². The summed E-state index contributed by atoms with van der Waals surface area (Å²) >= 11 is 5.85. The van der Waals surface area contributed by atoms with Crippen molar-refractivity contribution in [3.8, 4) is 17.0 Å². The molecule has 1 atom stereocenters. The Kier molecular flexibility index (Phi) is 6.49. The molecule has 0 bridgehead atoms. The molecule has 24 heavy (non-hydrogen) atoms. The zero-order valence-corrected chi connectivity index (χ0v) is 14.7. The molecule has 0 saturated heterocycles. The summed E-state index contributed by atoms with van der Waals surface area (Å²) in [6.07, 6.45) is 1.35. The van der Waals surface area contributed by atoms with Crippen LogP contribution in [0.1, 0.15) is 39.2 Å². The highest BCUT2D eigenvalue weighted by atomic mass is 35.5. The smallest absolute Gasteiger partial charge is 0.269 e. The molecule has 0 N–H and O–H groups in total. The fourth-order valence-electron chi connectivity index (χ4n) is 2.58. The van der Waals surface area contributed by atoms with Gasteiger partial charge >= 0.3 is 0 Å². The van der Waals surface area contributed by atoms with Gasteiger partial charge in [-0.25, -0.2) is 18.7 Å². The molecule has 2 aromatic rings. The molecule has 0 aliphatic heterocycles. The lowest BCUT2D eigenvalue weighted by Gasteiger charge is -2.16. The summed E-state index contributed by atoms with van der Waals surface area (Å²) in [5.41, 5.74) is 1.03. The van der Waals surface area contributed by atoms with Gasteiger partial charge in [-0.3, -0.25) is 0 Å². The maximum absolute atomic E-state index is 13.4. The third kappa shape index (κ3) is 5.13. The Morgan fingerprint density at radius 3 is 2.50 bits per heavy atom. The van der Waals surface area contributed by atoms with Crippen molar-refractivity contribution in [2.24, 2.45) is 11.8 Å². The minimum absolute atomic E-state index is 0.00971. The largest absolute Gasteiger partial charge is 0.477 e. The van der Waals surface area contributed by atoms with E-state index in [9.17, 15) is 8.78 Å². The van der Waals surface area contributed by atoms with Gasteiger partial charge in [0.25, 0.3) is 6.43 Å². The average Bonchev–Trinajstić information content (AvgIpc) is 2.52. The number of hydrogen-bond donors (Lipinski definition) is 0. The van der Waals surface area contributed by atoms with Crippen LogP contribution in [0.4, 0.5) is 8.78 Å². The summed E-state index contributed by atoms with van der Waals surface area (Å²) < 4.78 is 32.3. The Balaban J connectivity index is 2.21. The number of ether oxygens (including phenoxy) is 1. The van der Waals surface area contributed by atoms with Crippen LogP contribution in [0.25, 0.3) is 11.1 Å². The van der Waals surface area contributed by atoms with Gasteiger partial charge in [0.2, 0.25) is 5.88 Å². The van der Waals surface area contributed by atoms with Crippen LogP contribution in [0.5, 0.6) is 5.88 Å². The van der Waals surface area contributed by atoms with Crippen LogP contribution < -0.4 is 4.74 Å². The highest BCUT2D eigenvalue weighted by molar-refractivity contribution is 6.29. The summed E-state index contributed by atoms with van der Waals surface area (Å²) in [6, 6.07) is 4.70. The second kappa shape index (κ2) is 8.38. The molecule has 3 nitrogen and oxygen atoms in total. The molecule has 0 aromatic carbocycles. The molecule has 6 heteroatoms. The van der Waals surface area contributed by atoms with Crippen LogP contribution in [0.3, 0.4) is 0 Å². The number of halogens is 3. The summed E-state index contributed by atoms with van der Waals surface area (Å²) in [4.78, 5) is 7.98. The molecule has 2 heterocycles. The molecule has 0 aliphatic carbocycles. The van der Waals surface area contributed by atoms with E-state index in [0.717, 1.165) is 6.42 Å². The van der Waals surface area contributed by atoms with Crippen molar-refractivity contribution in [2.75, 3.05) is 6.61 Å². The first-order chi connectivity index (χ1) is 11.4. The number of alkyl halides is 2. The van der Waals surface area contributed by atoms with Crippen LogP contribution in [0, 0.1) is 11.8 Å². The van der Waals surface area contributed by atoms with E-state index >= 15 is 0 Å². The van der Waals surface area contributed by atoms with E-state index < -0.39 is 6.43 Å². The van der Waals surface area contributed by atoms with Crippen LogP contribution >= 0.6 is 11.6 Å². The van der Waals surface area contributed by atoms with Gasteiger partial charge in [0.15, 0.2) is 0 Å². The molecule has 130 valence electrons. The van der Waals surface area contributed by atoms with Gasteiger partial charge in [-0.05, 0) is 42.0 Å². The molecule has 0 aliphatic rings. The first-order valence-corrected chi connectivity index (χ1v) is 8.27. The molecule has 0 radical (unpaired) electrons.